The molecular formula is C15H16FNO. The first-order valence-corrected chi connectivity index (χ1v) is 6.51. The van der Waals surface area contributed by atoms with Gasteiger partial charge in [-0.3, -0.25) is 4.79 Å². The number of hydrogen-bond acceptors (Lipinski definition) is 1. The fourth-order valence-corrected chi connectivity index (χ4v) is 2.84. The molecule has 1 aliphatic rings. The summed E-state index contributed by atoms with van der Waals surface area (Å²) in [5.41, 5.74) is 0.917. The number of halogens is 1. The number of rotatable bonds is 3. The highest BCUT2D eigenvalue weighted by Crippen LogP contribution is 2.26. The van der Waals surface area contributed by atoms with E-state index in [2.05, 4.69) is 0 Å². The average Bonchev–Trinajstić information content (AvgIpc) is 2.93. The van der Waals surface area contributed by atoms with Crippen LogP contribution in [0.5, 0.6) is 0 Å². The van der Waals surface area contributed by atoms with Gasteiger partial charge in [0.25, 0.3) is 0 Å². The standard InChI is InChI=1S/C15H16FNO/c16-13-5-4-11-6-8-17(14(11)10-13)9-7-12-2-1-3-15(12)18/h4-6,8,10,12H,1-3,7,9H2. The summed E-state index contributed by atoms with van der Waals surface area (Å²) in [5.74, 6) is 0.410. The van der Waals surface area contributed by atoms with Crippen LogP contribution in [-0.4, -0.2) is 10.4 Å². The van der Waals surface area contributed by atoms with E-state index in [4.69, 9.17) is 0 Å². The highest BCUT2D eigenvalue weighted by atomic mass is 19.1. The molecular weight excluding hydrogens is 229 g/mol. The minimum absolute atomic E-state index is 0.209. The number of carbonyl (C=O) groups excluding carboxylic acids is 1. The molecule has 1 unspecified atom stereocenters. The van der Waals surface area contributed by atoms with Gasteiger partial charge in [-0.15, -0.1) is 0 Å². The van der Waals surface area contributed by atoms with E-state index in [0.717, 1.165) is 43.1 Å². The zero-order chi connectivity index (χ0) is 12.5. The summed E-state index contributed by atoms with van der Waals surface area (Å²) in [6, 6.07) is 6.83. The number of ketones is 1. The number of Topliss-reactive ketones (excluding diaryl/α,β-unsaturated/α-hetero) is 1. The van der Waals surface area contributed by atoms with Crippen molar-refractivity contribution in [1.82, 2.24) is 4.57 Å². The van der Waals surface area contributed by atoms with E-state index in [-0.39, 0.29) is 11.7 Å². The molecule has 1 fully saturated rings. The second kappa shape index (κ2) is 4.56. The van der Waals surface area contributed by atoms with E-state index < -0.39 is 0 Å². The Balaban J connectivity index is 1.78. The summed E-state index contributed by atoms with van der Waals surface area (Å²) in [7, 11) is 0. The smallest absolute Gasteiger partial charge is 0.136 e. The Morgan fingerprint density at radius 3 is 3.00 bits per heavy atom. The number of hydrogen-bond donors (Lipinski definition) is 0. The van der Waals surface area contributed by atoms with Crippen LogP contribution in [-0.2, 0) is 11.3 Å². The number of aromatic nitrogens is 1. The van der Waals surface area contributed by atoms with Gasteiger partial charge >= 0.3 is 0 Å². The Morgan fingerprint density at radius 1 is 1.33 bits per heavy atom. The summed E-state index contributed by atoms with van der Waals surface area (Å²) in [5, 5.41) is 1.05. The monoisotopic (exact) mass is 245 g/mol. The lowest BCUT2D eigenvalue weighted by Crippen LogP contribution is -2.09. The summed E-state index contributed by atoms with van der Waals surface area (Å²) in [4.78, 5) is 11.6. The molecule has 1 aliphatic carbocycles. The lowest BCUT2D eigenvalue weighted by atomic mass is 10.0. The second-order valence-electron chi connectivity index (χ2n) is 5.06. The van der Waals surface area contributed by atoms with Crippen LogP contribution in [0.1, 0.15) is 25.7 Å². The Labute approximate surface area is 105 Å². The molecule has 1 heterocycles. The maximum Gasteiger partial charge on any atom is 0.136 e. The Hall–Kier alpha value is -1.64. The maximum atomic E-state index is 13.2. The first-order chi connectivity index (χ1) is 8.74. The molecule has 94 valence electrons. The number of carbonyl (C=O) groups is 1. The maximum absolute atomic E-state index is 13.2. The molecule has 0 amide bonds. The summed E-state index contributed by atoms with van der Waals surface area (Å²) in [6.45, 7) is 0.795. The van der Waals surface area contributed by atoms with Gasteiger partial charge in [-0.2, -0.15) is 0 Å². The third-order valence-electron chi connectivity index (χ3n) is 3.89. The van der Waals surface area contributed by atoms with Crippen LogP contribution < -0.4 is 0 Å². The molecule has 3 heteroatoms. The third-order valence-corrected chi connectivity index (χ3v) is 3.89. The number of nitrogens with zero attached hydrogens (tertiary/aromatic N) is 1. The fourth-order valence-electron chi connectivity index (χ4n) is 2.84. The molecule has 1 aromatic carbocycles. The normalized spacial score (nSPS) is 19.8. The van der Waals surface area contributed by atoms with E-state index >= 15 is 0 Å². The number of benzene rings is 1. The van der Waals surface area contributed by atoms with Gasteiger partial charge in [-0.05, 0) is 48.9 Å². The SMILES string of the molecule is O=C1CCCC1CCn1ccc2ccc(F)cc21. The van der Waals surface area contributed by atoms with Gasteiger partial charge in [0.05, 0.1) is 5.52 Å². The summed E-state index contributed by atoms with van der Waals surface area (Å²) < 4.78 is 15.3. The zero-order valence-corrected chi connectivity index (χ0v) is 10.2. The average molecular weight is 245 g/mol. The Kier molecular flexibility index (Phi) is 2.90. The molecule has 1 saturated carbocycles. The van der Waals surface area contributed by atoms with Crippen molar-refractivity contribution in [2.24, 2.45) is 5.92 Å². The molecule has 0 aliphatic heterocycles. The molecule has 0 bridgehead atoms. The van der Waals surface area contributed by atoms with E-state index in [0.29, 0.717) is 5.78 Å². The van der Waals surface area contributed by atoms with Gasteiger partial charge in [0.1, 0.15) is 11.6 Å². The number of fused-ring (bicyclic) bond motifs is 1. The van der Waals surface area contributed by atoms with Crippen molar-refractivity contribution >= 4 is 16.7 Å². The van der Waals surface area contributed by atoms with Gasteiger partial charge in [0.2, 0.25) is 0 Å². The van der Waals surface area contributed by atoms with Gasteiger partial charge < -0.3 is 4.57 Å². The molecule has 0 saturated heterocycles. The van der Waals surface area contributed by atoms with Crippen LogP contribution in [0.15, 0.2) is 30.5 Å². The summed E-state index contributed by atoms with van der Waals surface area (Å²) in [6.07, 6.45) is 5.64. The topological polar surface area (TPSA) is 22.0 Å². The van der Waals surface area contributed by atoms with Gasteiger partial charge in [-0.25, -0.2) is 4.39 Å². The second-order valence-corrected chi connectivity index (χ2v) is 5.06. The van der Waals surface area contributed by atoms with Crippen LogP contribution in [0, 0.1) is 11.7 Å². The molecule has 0 spiro atoms. The lowest BCUT2D eigenvalue weighted by Gasteiger charge is -2.09. The van der Waals surface area contributed by atoms with Crippen LogP contribution >= 0.6 is 0 Å². The minimum Gasteiger partial charge on any atom is -0.347 e. The van der Waals surface area contributed by atoms with Crippen molar-refractivity contribution in [2.75, 3.05) is 0 Å². The van der Waals surface area contributed by atoms with Crippen molar-refractivity contribution < 1.29 is 9.18 Å². The van der Waals surface area contributed by atoms with Gasteiger partial charge in [-0.1, -0.05) is 0 Å². The van der Waals surface area contributed by atoms with Crippen molar-refractivity contribution in [3.63, 3.8) is 0 Å². The van der Waals surface area contributed by atoms with E-state index in [1.54, 1.807) is 12.1 Å². The van der Waals surface area contributed by atoms with E-state index in [9.17, 15) is 9.18 Å². The zero-order valence-electron chi connectivity index (χ0n) is 10.2. The van der Waals surface area contributed by atoms with E-state index in [1.807, 2.05) is 16.8 Å². The molecule has 0 N–H and O–H groups in total. The van der Waals surface area contributed by atoms with Gasteiger partial charge in [0, 0.05) is 25.1 Å². The Bertz CT molecular complexity index is 587. The molecule has 2 nitrogen and oxygen atoms in total. The Morgan fingerprint density at radius 2 is 2.22 bits per heavy atom. The highest BCUT2D eigenvalue weighted by molar-refractivity contribution is 5.83. The highest BCUT2D eigenvalue weighted by Gasteiger charge is 2.23. The van der Waals surface area contributed by atoms with Crippen molar-refractivity contribution in [3.05, 3.63) is 36.3 Å². The van der Waals surface area contributed by atoms with Crippen LogP contribution in [0.2, 0.25) is 0 Å². The van der Waals surface area contributed by atoms with Gasteiger partial charge in [0.15, 0.2) is 0 Å². The van der Waals surface area contributed by atoms with E-state index in [1.165, 1.54) is 6.07 Å². The lowest BCUT2D eigenvalue weighted by molar-refractivity contribution is -0.120. The third kappa shape index (κ3) is 2.05. The first kappa shape index (κ1) is 11.5. The minimum atomic E-state index is -0.209. The molecule has 1 atom stereocenters. The molecule has 3 rings (SSSR count). The molecule has 0 radical (unpaired) electrons. The van der Waals surface area contributed by atoms with Crippen LogP contribution in [0.4, 0.5) is 4.39 Å². The quantitative estimate of drug-likeness (QED) is 0.810. The largest absolute Gasteiger partial charge is 0.347 e. The van der Waals surface area contributed by atoms with Crippen molar-refractivity contribution in [3.8, 4) is 0 Å². The first-order valence-electron chi connectivity index (χ1n) is 6.51. The molecule has 18 heavy (non-hydrogen) atoms. The fraction of sp³-hybridized carbons (Fsp3) is 0.400. The predicted molar refractivity (Wildman–Crippen MR) is 68.9 cm³/mol. The van der Waals surface area contributed by atoms with Crippen molar-refractivity contribution in [1.29, 1.82) is 0 Å². The molecule has 2 aromatic rings. The van der Waals surface area contributed by atoms with Crippen LogP contribution in [0.25, 0.3) is 10.9 Å². The van der Waals surface area contributed by atoms with Crippen LogP contribution in [0.3, 0.4) is 0 Å². The van der Waals surface area contributed by atoms with Crippen molar-refractivity contribution in [2.45, 2.75) is 32.2 Å². The molecule has 1 aromatic heterocycles. The summed E-state index contributed by atoms with van der Waals surface area (Å²) >= 11 is 0. The number of aryl methyl sites for hydroxylation is 1. The predicted octanol–water partition coefficient (Wildman–Crippen LogP) is 3.54.